The fourth-order valence-electron chi connectivity index (χ4n) is 3.54. The maximum Gasteiger partial charge on any atom is 0.0465 e. The summed E-state index contributed by atoms with van der Waals surface area (Å²) in [6.07, 6.45) is 5.85. The molecule has 0 saturated carbocycles. The van der Waals surface area contributed by atoms with Crippen LogP contribution in [0, 0.1) is 5.92 Å². The van der Waals surface area contributed by atoms with Crippen LogP contribution in [-0.4, -0.2) is 53.6 Å². The van der Waals surface area contributed by atoms with Gasteiger partial charge in [-0.05, 0) is 82.2 Å². The summed E-state index contributed by atoms with van der Waals surface area (Å²) in [6, 6.07) is 8.72. The second-order valence-electron chi connectivity index (χ2n) is 6.82. The zero-order valence-electron chi connectivity index (χ0n) is 15.2. The zero-order valence-corrected chi connectivity index (χ0v) is 16.0. The molecule has 2 rings (SSSR count). The van der Waals surface area contributed by atoms with Crippen LogP contribution < -0.4 is 5.73 Å². The number of para-hydroxylation sites is 1. The van der Waals surface area contributed by atoms with Gasteiger partial charge < -0.3 is 15.7 Å². The average Bonchev–Trinajstić information content (AvgIpc) is 2.59. The smallest absolute Gasteiger partial charge is 0.0465 e. The maximum absolute atomic E-state index is 9.10. The van der Waals surface area contributed by atoms with E-state index in [1.165, 1.54) is 38.8 Å². The number of rotatable bonds is 9. The van der Waals surface area contributed by atoms with Crippen molar-refractivity contribution in [1.82, 2.24) is 9.21 Å². The number of likely N-dealkylation sites (tertiary alicyclic amines) is 1. The van der Waals surface area contributed by atoms with Gasteiger partial charge in [0, 0.05) is 29.8 Å². The molecule has 0 radical (unpaired) electrons. The van der Waals surface area contributed by atoms with Gasteiger partial charge in [0.1, 0.15) is 0 Å². The first-order chi connectivity index (χ1) is 11.6. The molecular formula is C19H33N3OS. The molecule has 4 nitrogen and oxygen atoms in total. The highest BCUT2D eigenvalue weighted by atomic mass is 32.2. The van der Waals surface area contributed by atoms with E-state index in [2.05, 4.69) is 29.2 Å². The molecule has 0 aliphatic carbocycles. The van der Waals surface area contributed by atoms with Crippen molar-refractivity contribution in [2.45, 2.75) is 50.0 Å². The van der Waals surface area contributed by atoms with Gasteiger partial charge in [-0.3, -0.25) is 0 Å². The van der Waals surface area contributed by atoms with Crippen LogP contribution in [0.25, 0.3) is 0 Å². The SMILES string of the molecule is CCC(CCN(C)Sc1ccccc1N)N1CCC(CCO)CC1. The molecule has 24 heavy (non-hydrogen) atoms. The lowest BCUT2D eigenvalue weighted by Gasteiger charge is -2.37. The number of aliphatic hydroxyl groups excluding tert-OH is 1. The van der Waals surface area contributed by atoms with E-state index < -0.39 is 0 Å². The van der Waals surface area contributed by atoms with Crippen molar-refractivity contribution < 1.29 is 5.11 Å². The van der Waals surface area contributed by atoms with Crippen LogP contribution in [0.2, 0.25) is 0 Å². The topological polar surface area (TPSA) is 52.7 Å². The minimum atomic E-state index is 0.340. The van der Waals surface area contributed by atoms with Gasteiger partial charge in [0.15, 0.2) is 0 Å². The fraction of sp³-hybridized carbons (Fsp3) is 0.684. The molecule has 0 bridgehead atoms. The molecule has 0 spiro atoms. The Balaban J connectivity index is 1.76. The van der Waals surface area contributed by atoms with Gasteiger partial charge in [-0.1, -0.05) is 19.1 Å². The van der Waals surface area contributed by atoms with Crippen molar-refractivity contribution in [1.29, 1.82) is 0 Å². The standard InChI is InChI=1S/C19H33N3OS/c1-3-17(22-13-8-16(9-14-22)11-15-23)10-12-21(2)24-19-7-5-4-6-18(19)20/h4-7,16-17,23H,3,8-15,20H2,1-2H3. The van der Waals surface area contributed by atoms with Crippen molar-refractivity contribution in [3.63, 3.8) is 0 Å². The van der Waals surface area contributed by atoms with E-state index in [1.807, 2.05) is 18.2 Å². The van der Waals surface area contributed by atoms with Crippen LogP contribution in [0.3, 0.4) is 0 Å². The van der Waals surface area contributed by atoms with E-state index in [0.29, 0.717) is 12.6 Å². The van der Waals surface area contributed by atoms with E-state index in [-0.39, 0.29) is 0 Å². The summed E-state index contributed by atoms with van der Waals surface area (Å²) in [5, 5.41) is 9.10. The summed E-state index contributed by atoms with van der Waals surface area (Å²) in [5.74, 6) is 0.725. The minimum Gasteiger partial charge on any atom is -0.398 e. The van der Waals surface area contributed by atoms with Crippen LogP contribution in [0.5, 0.6) is 0 Å². The molecule has 1 saturated heterocycles. The number of piperidine rings is 1. The van der Waals surface area contributed by atoms with Gasteiger partial charge in [-0.25, -0.2) is 4.31 Å². The summed E-state index contributed by atoms with van der Waals surface area (Å²) in [7, 11) is 2.15. The Kier molecular flexibility index (Phi) is 8.39. The third-order valence-electron chi connectivity index (χ3n) is 5.12. The molecule has 1 heterocycles. The molecule has 5 heteroatoms. The van der Waals surface area contributed by atoms with Gasteiger partial charge in [0.05, 0.1) is 0 Å². The second kappa shape index (κ2) is 10.3. The van der Waals surface area contributed by atoms with Crippen molar-refractivity contribution in [3.8, 4) is 0 Å². The molecule has 1 aromatic carbocycles. The Morgan fingerprint density at radius 1 is 1.33 bits per heavy atom. The van der Waals surface area contributed by atoms with Gasteiger partial charge in [-0.2, -0.15) is 0 Å². The Morgan fingerprint density at radius 2 is 2.04 bits per heavy atom. The predicted octanol–water partition coefficient (Wildman–Crippen LogP) is 3.47. The summed E-state index contributed by atoms with van der Waals surface area (Å²) in [5.41, 5.74) is 6.89. The molecule has 1 aliphatic heterocycles. The molecular weight excluding hydrogens is 318 g/mol. The lowest BCUT2D eigenvalue weighted by molar-refractivity contribution is 0.109. The highest BCUT2D eigenvalue weighted by Gasteiger charge is 2.24. The molecule has 1 atom stereocenters. The summed E-state index contributed by atoms with van der Waals surface area (Å²) in [4.78, 5) is 3.79. The number of benzene rings is 1. The van der Waals surface area contributed by atoms with E-state index in [4.69, 9.17) is 10.8 Å². The number of aliphatic hydroxyl groups is 1. The van der Waals surface area contributed by atoms with Gasteiger partial charge >= 0.3 is 0 Å². The quantitative estimate of drug-likeness (QED) is 0.527. The first kappa shape index (κ1) is 19.6. The predicted molar refractivity (Wildman–Crippen MR) is 104 cm³/mol. The highest BCUT2D eigenvalue weighted by Crippen LogP contribution is 2.28. The first-order valence-corrected chi connectivity index (χ1v) is 9.99. The minimum absolute atomic E-state index is 0.340. The largest absolute Gasteiger partial charge is 0.398 e. The second-order valence-corrected chi connectivity index (χ2v) is 8.07. The Hall–Kier alpha value is -0.750. The van der Waals surface area contributed by atoms with E-state index in [1.54, 1.807) is 11.9 Å². The normalized spacial score (nSPS) is 18.2. The Labute approximate surface area is 151 Å². The number of hydrogen-bond acceptors (Lipinski definition) is 5. The molecule has 1 aromatic rings. The van der Waals surface area contributed by atoms with Gasteiger partial charge in [0.25, 0.3) is 0 Å². The molecule has 1 fully saturated rings. The molecule has 3 N–H and O–H groups in total. The van der Waals surface area contributed by atoms with Gasteiger partial charge in [0.2, 0.25) is 0 Å². The molecule has 0 aromatic heterocycles. The number of nitrogen functional groups attached to an aromatic ring is 1. The average molecular weight is 352 g/mol. The summed E-state index contributed by atoms with van der Waals surface area (Å²) < 4.78 is 2.30. The van der Waals surface area contributed by atoms with Crippen molar-refractivity contribution >= 4 is 17.6 Å². The lowest BCUT2D eigenvalue weighted by Crippen LogP contribution is -2.42. The Bertz CT molecular complexity index is 477. The van der Waals surface area contributed by atoms with Crippen LogP contribution in [0.4, 0.5) is 5.69 Å². The summed E-state index contributed by atoms with van der Waals surface area (Å²) >= 11 is 1.74. The maximum atomic E-state index is 9.10. The van der Waals surface area contributed by atoms with E-state index in [0.717, 1.165) is 29.5 Å². The van der Waals surface area contributed by atoms with E-state index in [9.17, 15) is 0 Å². The highest BCUT2D eigenvalue weighted by molar-refractivity contribution is 7.97. The van der Waals surface area contributed by atoms with Crippen LogP contribution in [-0.2, 0) is 0 Å². The molecule has 0 amide bonds. The van der Waals surface area contributed by atoms with Crippen molar-refractivity contribution in [2.75, 3.05) is 39.0 Å². The number of hydrogen-bond donors (Lipinski definition) is 2. The zero-order chi connectivity index (χ0) is 17.4. The van der Waals surface area contributed by atoms with Crippen LogP contribution in [0.15, 0.2) is 29.2 Å². The van der Waals surface area contributed by atoms with E-state index >= 15 is 0 Å². The molecule has 1 unspecified atom stereocenters. The summed E-state index contributed by atoms with van der Waals surface area (Å²) in [6.45, 7) is 6.07. The monoisotopic (exact) mass is 351 g/mol. The number of nitrogens with zero attached hydrogens (tertiary/aromatic N) is 2. The molecule has 136 valence electrons. The molecule has 1 aliphatic rings. The number of nitrogens with two attached hydrogens (primary N) is 1. The third-order valence-corrected chi connectivity index (χ3v) is 6.19. The lowest BCUT2D eigenvalue weighted by atomic mass is 9.92. The van der Waals surface area contributed by atoms with Gasteiger partial charge in [-0.15, -0.1) is 0 Å². The number of anilines is 1. The van der Waals surface area contributed by atoms with Crippen LogP contribution >= 0.6 is 11.9 Å². The third kappa shape index (κ3) is 5.96. The van der Waals surface area contributed by atoms with Crippen molar-refractivity contribution in [3.05, 3.63) is 24.3 Å². The fourth-order valence-corrected chi connectivity index (χ4v) is 4.39. The Morgan fingerprint density at radius 3 is 2.67 bits per heavy atom. The van der Waals surface area contributed by atoms with Crippen molar-refractivity contribution in [2.24, 2.45) is 5.92 Å². The van der Waals surface area contributed by atoms with Crippen LogP contribution in [0.1, 0.15) is 39.0 Å². The first-order valence-electron chi connectivity index (χ1n) is 9.22.